The van der Waals surface area contributed by atoms with Crippen LogP contribution in [-0.2, 0) is 79.7 Å². The van der Waals surface area contributed by atoms with E-state index in [2.05, 4.69) is 21.3 Å². The number of aryl methyl sites for hydroxylation is 1. The molecule has 6 rings (SSSR count). The van der Waals surface area contributed by atoms with Crippen molar-refractivity contribution >= 4 is 93.7 Å². The molecule has 89 heavy (non-hydrogen) atoms. The molecule has 0 unspecified atom stereocenters. The van der Waals surface area contributed by atoms with Crippen molar-refractivity contribution < 1.29 is 86.3 Å². The number of allylic oxidation sites excluding steroid dienone is 3. The van der Waals surface area contributed by atoms with Gasteiger partial charge >= 0.3 is 24.1 Å². The number of aliphatic hydroxyl groups is 1. The Kier molecular flexibility index (Phi) is 26.0. The van der Waals surface area contributed by atoms with Crippen molar-refractivity contribution in [3.63, 3.8) is 0 Å². The Morgan fingerprint density at radius 3 is 2.34 bits per heavy atom. The van der Waals surface area contributed by atoms with Gasteiger partial charge in [0, 0.05) is 88.5 Å². The minimum Gasteiger partial charge on any atom is -0.496 e. The van der Waals surface area contributed by atoms with Crippen molar-refractivity contribution in [2.75, 3.05) is 71.0 Å². The maximum Gasteiger partial charge on any atom is 0.412 e. The number of benzene rings is 2. The molecule has 2 aromatic rings. The lowest BCUT2D eigenvalue weighted by molar-refractivity contribution is -0.198. The molecule has 4 aliphatic heterocycles. The quantitative estimate of drug-likeness (QED) is 0.0220. The molecule has 7 N–H and O–H groups in total. The third-order valence-corrected chi connectivity index (χ3v) is 17.0. The number of hydrogen-bond donors (Lipinski definition) is 6. The number of ketones is 1. The summed E-state index contributed by atoms with van der Waals surface area (Å²) in [5.41, 5.74) is 5.97. The van der Waals surface area contributed by atoms with E-state index in [1.807, 2.05) is 45.9 Å². The molecule has 4 aliphatic rings. The van der Waals surface area contributed by atoms with E-state index in [-0.39, 0.29) is 120 Å². The van der Waals surface area contributed by atoms with Crippen LogP contribution in [0.1, 0.15) is 109 Å². The van der Waals surface area contributed by atoms with Gasteiger partial charge in [0.15, 0.2) is 5.78 Å². The molecule has 4 bridgehead atoms. The summed E-state index contributed by atoms with van der Waals surface area (Å²) in [7, 11) is 4.43. The van der Waals surface area contributed by atoms with Gasteiger partial charge < -0.3 is 69.7 Å². The van der Waals surface area contributed by atoms with Gasteiger partial charge in [0.05, 0.1) is 80.6 Å². The maximum absolute atomic E-state index is 14.4. The molecule has 0 aliphatic carbocycles. The molecule has 2 aromatic carbocycles. The summed E-state index contributed by atoms with van der Waals surface area (Å²) in [4.78, 5) is 123. The number of primary amides is 1. The standard InChI is InChI=1S/C62H84ClN7O18S/c1-35(2)42(31-50(89)65-21-23-84-25-24-83-22-19-54(75)88-70-51(72)17-18-52(70)73)58(77)68-43(13-11-20-66-59(64)78)45(71)29-40-15-16-41(30-46(40)81-8)67-60(79)86-49-32-53(74)69(7)44-28-39(27-37(4)56(44)63)26-36(3)12-10-14-48(82-9)62(80)33-47(85-55(76)34-62)38(5)57-61(49,6)87-57/h10,12,14-16,27-28,30,35,38,42-43,47-49,57,80H,11,13,17-26,29,31-34H2,1-9H3,(H,65,89)(H,67,79)(H,68,77)(H3,64,66,78)/b14-10+,36-12+/t38-,42+,43+,47+,48-,49+,57+,61+,62-/m1/s1. The van der Waals surface area contributed by atoms with Gasteiger partial charge in [-0.15, -0.1) is 5.06 Å². The van der Waals surface area contributed by atoms with Gasteiger partial charge in [-0.05, 0) is 69.2 Å². The molecule has 488 valence electrons. The number of hydrogen-bond acceptors (Lipinski definition) is 19. The second kappa shape index (κ2) is 32.6. The van der Waals surface area contributed by atoms with E-state index in [1.54, 1.807) is 39.1 Å². The first kappa shape index (κ1) is 71.0. The van der Waals surface area contributed by atoms with Crippen molar-refractivity contribution in [3.05, 3.63) is 75.8 Å². The van der Waals surface area contributed by atoms with Gasteiger partial charge in [-0.25, -0.2) is 14.4 Å². The minimum absolute atomic E-state index is 0.00228. The largest absolute Gasteiger partial charge is 0.496 e. The van der Waals surface area contributed by atoms with Crippen LogP contribution in [0.4, 0.5) is 21.0 Å². The predicted molar refractivity (Wildman–Crippen MR) is 329 cm³/mol. The number of methoxy groups -OCH3 is 2. The van der Waals surface area contributed by atoms with Crippen LogP contribution in [-0.4, -0.2) is 171 Å². The lowest BCUT2D eigenvalue weighted by atomic mass is 9.78. The number of nitrogens with zero attached hydrogens (tertiary/aromatic N) is 2. The highest BCUT2D eigenvalue weighted by molar-refractivity contribution is 7.80. The predicted octanol–water partition coefficient (Wildman–Crippen LogP) is 5.59. The second-order valence-electron chi connectivity index (χ2n) is 23.3. The zero-order valence-electron chi connectivity index (χ0n) is 51.9. The minimum atomic E-state index is -1.64. The third-order valence-electron chi connectivity index (χ3n) is 16.2. The second-order valence-corrected chi connectivity index (χ2v) is 24.2. The van der Waals surface area contributed by atoms with E-state index < -0.39 is 101 Å². The average molecular weight is 1280 g/mol. The molecule has 0 radical (unpaired) electrons. The van der Waals surface area contributed by atoms with Crippen molar-refractivity contribution in [1.29, 1.82) is 0 Å². The fourth-order valence-corrected chi connectivity index (χ4v) is 11.5. The number of ether oxygens (including phenoxy) is 7. The van der Waals surface area contributed by atoms with Crippen molar-refractivity contribution in [3.8, 4) is 5.75 Å². The van der Waals surface area contributed by atoms with Crippen LogP contribution >= 0.6 is 23.8 Å². The number of imide groups is 1. The molecule has 0 spiro atoms. The number of nitrogens with one attached hydrogen (secondary N) is 4. The summed E-state index contributed by atoms with van der Waals surface area (Å²) in [5.74, 6) is -5.02. The monoisotopic (exact) mass is 1280 g/mol. The van der Waals surface area contributed by atoms with Crippen LogP contribution in [0.25, 0.3) is 0 Å². The van der Waals surface area contributed by atoms with Crippen LogP contribution < -0.4 is 36.6 Å². The van der Waals surface area contributed by atoms with E-state index in [0.29, 0.717) is 39.3 Å². The number of carbonyl (C=O) groups excluding carboxylic acids is 9. The van der Waals surface area contributed by atoms with E-state index >= 15 is 0 Å². The Bertz CT molecular complexity index is 3000. The third kappa shape index (κ3) is 20.0. The molecule has 3 saturated heterocycles. The number of anilines is 2. The van der Waals surface area contributed by atoms with Crippen molar-refractivity contribution in [1.82, 2.24) is 21.0 Å². The van der Waals surface area contributed by atoms with Crippen LogP contribution in [0.3, 0.4) is 0 Å². The fraction of sp³-hybridized carbons (Fsp3) is 0.581. The van der Waals surface area contributed by atoms with E-state index in [4.69, 9.17) is 67.5 Å². The number of halogens is 1. The Hall–Kier alpha value is -7.07. The van der Waals surface area contributed by atoms with Gasteiger partial charge in [-0.2, -0.15) is 0 Å². The molecule has 9 atom stereocenters. The number of thiocarbonyl (C=S) groups is 1. The number of Topliss-reactive ketones (excluding diaryl/α,β-unsaturated/α-hetero) is 1. The summed E-state index contributed by atoms with van der Waals surface area (Å²) < 4.78 is 40.8. The summed E-state index contributed by atoms with van der Waals surface area (Å²) in [6.07, 6.45) is 0.691. The SMILES string of the molecule is COc1cc(NC(=O)O[C@H]2CC(=O)N(C)c3cc(cc(C)c3Cl)C/C(C)=C/C=C/[C@@H](OC)[C@]3(O)CC(=O)O[C@@H](C3)[C@@H](C)[C@@H]3O[C@@]23C)ccc1CC(=O)[C@H](CCCNC(N)=O)NC(=O)[C@@H](CC(=S)NCCOCCOCCC(=O)ON1C(=O)CCC1=O)C(C)C. The number of hydroxylamine groups is 2. The topological polar surface area (TPSA) is 332 Å². The zero-order valence-corrected chi connectivity index (χ0v) is 53.5. The summed E-state index contributed by atoms with van der Waals surface area (Å²) in [6.45, 7) is 12.0. The number of urea groups is 1. The normalized spacial score (nSPS) is 24.5. The summed E-state index contributed by atoms with van der Waals surface area (Å²) in [6, 6.07) is 6.60. The number of carbonyl (C=O) groups is 9. The molecular weight excluding hydrogens is 1200 g/mol. The highest BCUT2D eigenvalue weighted by Gasteiger charge is 2.64. The number of rotatable bonds is 26. The lowest BCUT2D eigenvalue weighted by Gasteiger charge is -2.41. The van der Waals surface area contributed by atoms with Gasteiger partial charge in [-0.1, -0.05) is 80.5 Å². The van der Waals surface area contributed by atoms with Gasteiger partial charge in [0.1, 0.15) is 35.3 Å². The zero-order chi connectivity index (χ0) is 65.3. The Morgan fingerprint density at radius 2 is 1.66 bits per heavy atom. The maximum atomic E-state index is 14.4. The first-order valence-electron chi connectivity index (χ1n) is 29.7. The van der Waals surface area contributed by atoms with Crippen molar-refractivity contribution in [2.24, 2.45) is 23.5 Å². The number of amides is 7. The Balaban J connectivity index is 1.10. The number of epoxide rings is 1. The first-order valence-corrected chi connectivity index (χ1v) is 30.5. The molecule has 0 saturated carbocycles. The van der Waals surface area contributed by atoms with E-state index in [1.165, 1.54) is 31.3 Å². The molecule has 25 nitrogen and oxygen atoms in total. The highest BCUT2D eigenvalue weighted by atomic mass is 35.5. The van der Waals surface area contributed by atoms with Crippen LogP contribution in [0.5, 0.6) is 5.75 Å². The number of nitrogens with two attached hydrogens (primary N) is 1. The van der Waals surface area contributed by atoms with Crippen LogP contribution in [0.15, 0.2) is 54.1 Å². The average Bonchev–Trinajstić information content (AvgIpc) is 1.60. The first-order chi connectivity index (χ1) is 42.2. The Labute approximate surface area is 528 Å². The van der Waals surface area contributed by atoms with Crippen molar-refractivity contribution in [2.45, 2.75) is 154 Å². The van der Waals surface area contributed by atoms with Gasteiger partial charge in [-0.3, -0.25) is 34.1 Å². The molecular formula is C62H84ClN7O18S. The van der Waals surface area contributed by atoms with E-state index in [9.17, 15) is 48.3 Å². The number of fused-ring (bicyclic) bond motifs is 5. The lowest BCUT2D eigenvalue weighted by Crippen LogP contribution is -2.53. The smallest absolute Gasteiger partial charge is 0.412 e. The Morgan fingerprint density at radius 1 is 0.955 bits per heavy atom. The van der Waals surface area contributed by atoms with Gasteiger partial charge in [0.25, 0.3) is 11.8 Å². The summed E-state index contributed by atoms with van der Waals surface area (Å²) in [5, 5.41) is 24.1. The van der Waals surface area contributed by atoms with Gasteiger partial charge in [0.2, 0.25) is 11.8 Å². The van der Waals surface area contributed by atoms with Crippen LogP contribution in [0, 0.1) is 24.7 Å². The molecule has 0 aromatic heterocycles. The fourth-order valence-electron chi connectivity index (χ4n) is 11.0. The molecule has 3 fully saturated rings. The molecule has 27 heteroatoms. The number of esters is 1. The van der Waals surface area contributed by atoms with Crippen LogP contribution in [0.2, 0.25) is 5.02 Å². The van der Waals surface area contributed by atoms with E-state index in [0.717, 1.165) is 16.7 Å². The summed E-state index contributed by atoms with van der Waals surface area (Å²) >= 11 is 12.5. The molecule has 7 amide bonds. The highest BCUT2D eigenvalue weighted by Crippen LogP contribution is 2.50. The molecule has 4 heterocycles.